The normalized spacial score (nSPS) is 22.8. The van der Waals surface area contributed by atoms with Crippen LogP contribution in [0.4, 0.5) is 13.2 Å². The van der Waals surface area contributed by atoms with Gasteiger partial charge in [-0.2, -0.15) is 23.3 Å². The van der Waals surface area contributed by atoms with Crippen molar-refractivity contribution in [1.29, 1.82) is 0 Å². The molecule has 0 aromatic heterocycles. The number of phenolic OH excluding ortho intramolecular Hbond substituents is 1. The molecule has 1 unspecified atom stereocenters. The van der Waals surface area contributed by atoms with Crippen molar-refractivity contribution < 1.29 is 28.2 Å². The molecule has 1 heterocycles. The van der Waals surface area contributed by atoms with Crippen LogP contribution in [0.3, 0.4) is 0 Å². The molecule has 1 atom stereocenters. The maximum atomic E-state index is 12.8. The monoisotopic (exact) mass is 274 g/mol. The minimum Gasteiger partial charge on any atom is -0.508 e. The third-order valence-corrected chi connectivity index (χ3v) is 2.68. The van der Waals surface area contributed by atoms with E-state index in [1.54, 1.807) is 0 Å². The molecule has 0 aliphatic carbocycles. The number of carbonyl (C=O) groups excluding carboxylic acids is 1. The molecule has 8 heteroatoms. The van der Waals surface area contributed by atoms with Crippen molar-refractivity contribution in [2.24, 2.45) is 5.10 Å². The van der Waals surface area contributed by atoms with Gasteiger partial charge in [0.2, 0.25) is 0 Å². The molecule has 1 amide bonds. The molecule has 0 bridgehead atoms. The lowest BCUT2D eigenvalue weighted by atomic mass is 10.1. The molecule has 2 N–H and O–H groups in total. The van der Waals surface area contributed by atoms with E-state index in [4.69, 9.17) is 5.11 Å². The van der Waals surface area contributed by atoms with Crippen LogP contribution in [0.2, 0.25) is 0 Å². The van der Waals surface area contributed by atoms with Gasteiger partial charge in [-0.15, -0.1) is 0 Å². The Morgan fingerprint density at radius 2 is 1.89 bits per heavy atom. The zero-order valence-electron chi connectivity index (χ0n) is 9.42. The minimum atomic E-state index is -5.02. The summed E-state index contributed by atoms with van der Waals surface area (Å²) in [5.41, 5.74) is -3.46. The van der Waals surface area contributed by atoms with Crippen LogP contribution >= 0.6 is 0 Å². The zero-order chi connectivity index (χ0) is 14.3. The standard InChI is InChI=1S/C11H9F3N2O3/c12-11(13,14)10(19)5-6-15-16(10)9(18)7-1-3-8(17)4-2-7/h1-4,6,17,19H,5H2. The molecule has 102 valence electrons. The van der Waals surface area contributed by atoms with Gasteiger partial charge in [0, 0.05) is 18.2 Å². The highest BCUT2D eigenvalue weighted by molar-refractivity contribution is 5.95. The Morgan fingerprint density at radius 1 is 1.32 bits per heavy atom. The van der Waals surface area contributed by atoms with Crippen LogP contribution in [0, 0.1) is 0 Å². The highest BCUT2D eigenvalue weighted by atomic mass is 19.4. The number of phenols is 1. The van der Waals surface area contributed by atoms with Crippen LogP contribution in [0.1, 0.15) is 16.8 Å². The molecular weight excluding hydrogens is 265 g/mol. The molecule has 0 saturated carbocycles. The number of nitrogens with zero attached hydrogens (tertiary/aromatic N) is 2. The topological polar surface area (TPSA) is 73.1 Å². The van der Waals surface area contributed by atoms with E-state index in [9.17, 15) is 23.1 Å². The van der Waals surface area contributed by atoms with Crippen molar-refractivity contribution in [1.82, 2.24) is 5.01 Å². The van der Waals surface area contributed by atoms with E-state index in [-0.39, 0.29) is 16.3 Å². The number of aliphatic hydroxyl groups is 1. The highest BCUT2D eigenvalue weighted by Crippen LogP contribution is 2.39. The predicted molar refractivity (Wildman–Crippen MR) is 58.4 cm³/mol. The van der Waals surface area contributed by atoms with Crippen LogP contribution in [-0.4, -0.2) is 39.2 Å². The fraction of sp³-hybridized carbons (Fsp3) is 0.273. The van der Waals surface area contributed by atoms with Gasteiger partial charge in [0.05, 0.1) is 0 Å². The van der Waals surface area contributed by atoms with Crippen molar-refractivity contribution in [3.63, 3.8) is 0 Å². The van der Waals surface area contributed by atoms with E-state index < -0.39 is 24.2 Å². The summed E-state index contributed by atoms with van der Waals surface area (Å²) in [5.74, 6) is -1.24. The minimum absolute atomic E-state index is 0.000614. The predicted octanol–water partition coefficient (Wildman–Crippen LogP) is 1.47. The second-order valence-electron chi connectivity index (χ2n) is 3.98. The lowest BCUT2D eigenvalue weighted by Crippen LogP contribution is -2.56. The molecule has 19 heavy (non-hydrogen) atoms. The summed E-state index contributed by atoms with van der Waals surface area (Å²) in [5, 5.41) is 21.9. The van der Waals surface area contributed by atoms with Crippen LogP contribution in [-0.2, 0) is 0 Å². The molecule has 1 aliphatic rings. The Bertz CT molecular complexity index is 527. The van der Waals surface area contributed by atoms with Crippen molar-refractivity contribution in [2.75, 3.05) is 0 Å². The maximum absolute atomic E-state index is 12.8. The van der Waals surface area contributed by atoms with Crippen molar-refractivity contribution >= 4 is 12.1 Å². The Morgan fingerprint density at radius 3 is 2.42 bits per heavy atom. The lowest BCUT2D eigenvalue weighted by molar-refractivity contribution is -0.297. The van der Waals surface area contributed by atoms with E-state index in [1.165, 1.54) is 0 Å². The van der Waals surface area contributed by atoms with Gasteiger partial charge < -0.3 is 10.2 Å². The van der Waals surface area contributed by atoms with Gasteiger partial charge in [0.1, 0.15) is 5.75 Å². The molecular formula is C11H9F3N2O3. The molecule has 0 fully saturated rings. The number of hydrazone groups is 1. The SMILES string of the molecule is O=C(c1ccc(O)cc1)N1N=CCC1(O)C(F)(F)F. The number of rotatable bonds is 1. The Hall–Kier alpha value is -2.09. The van der Waals surface area contributed by atoms with Gasteiger partial charge >= 0.3 is 6.18 Å². The van der Waals surface area contributed by atoms with Crippen molar-refractivity contribution in [3.05, 3.63) is 29.8 Å². The first-order valence-electron chi connectivity index (χ1n) is 5.21. The highest BCUT2D eigenvalue weighted by Gasteiger charge is 2.61. The van der Waals surface area contributed by atoms with Gasteiger partial charge in [0.15, 0.2) is 0 Å². The third-order valence-electron chi connectivity index (χ3n) is 2.68. The van der Waals surface area contributed by atoms with Gasteiger partial charge in [-0.3, -0.25) is 4.79 Å². The molecule has 5 nitrogen and oxygen atoms in total. The first kappa shape index (κ1) is 13.3. The number of carbonyl (C=O) groups is 1. The summed E-state index contributed by atoms with van der Waals surface area (Å²) in [4.78, 5) is 11.9. The summed E-state index contributed by atoms with van der Waals surface area (Å²) in [6, 6.07) is 4.59. The van der Waals surface area contributed by atoms with Crippen LogP contribution in [0.5, 0.6) is 5.75 Å². The van der Waals surface area contributed by atoms with Crippen LogP contribution < -0.4 is 0 Å². The average molecular weight is 274 g/mol. The Kier molecular flexibility index (Phi) is 2.97. The summed E-state index contributed by atoms with van der Waals surface area (Å²) in [6.07, 6.45) is -5.01. The number of hydrogen-bond acceptors (Lipinski definition) is 4. The number of halogens is 3. The Labute approximate surface area is 105 Å². The lowest BCUT2D eigenvalue weighted by Gasteiger charge is -2.32. The van der Waals surface area contributed by atoms with E-state index in [1.807, 2.05) is 0 Å². The smallest absolute Gasteiger partial charge is 0.438 e. The molecule has 0 saturated heterocycles. The fourth-order valence-electron chi connectivity index (χ4n) is 1.61. The quantitative estimate of drug-likeness (QED) is 0.814. The van der Waals surface area contributed by atoms with Gasteiger partial charge in [-0.25, -0.2) is 0 Å². The zero-order valence-corrected chi connectivity index (χ0v) is 9.42. The summed E-state index contributed by atoms with van der Waals surface area (Å²) < 4.78 is 38.3. The molecule has 1 aromatic rings. The molecule has 0 radical (unpaired) electrons. The number of alkyl halides is 3. The summed E-state index contributed by atoms with van der Waals surface area (Å²) in [7, 11) is 0. The van der Waals surface area contributed by atoms with Crippen LogP contribution in [0.25, 0.3) is 0 Å². The maximum Gasteiger partial charge on any atom is 0.438 e. The van der Waals surface area contributed by atoms with E-state index in [2.05, 4.69) is 5.10 Å². The molecule has 0 spiro atoms. The van der Waals surface area contributed by atoms with Crippen molar-refractivity contribution in [3.8, 4) is 5.75 Å². The average Bonchev–Trinajstić information content (AvgIpc) is 2.72. The Balaban J connectivity index is 2.33. The largest absolute Gasteiger partial charge is 0.508 e. The van der Waals surface area contributed by atoms with Gasteiger partial charge in [-0.1, -0.05) is 0 Å². The van der Waals surface area contributed by atoms with Gasteiger partial charge in [-0.05, 0) is 24.3 Å². The number of hydrogen-bond donors (Lipinski definition) is 2. The number of benzene rings is 1. The second kappa shape index (κ2) is 4.23. The number of amides is 1. The summed E-state index contributed by atoms with van der Waals surface area (Å²) in [6.45, 7) is 0. The molecule has 2 rings (SSSR count). The van der Waals surface area contributed by atoms with Crippen LogP contribution in [0.15, 0.2) is 29.4 Å². The first-order chi connectivity index (χ1) is 8.75. The first-order valence-corrected chi connectivity index (χ1v) is 5.21. The third kappa shape index (κ3) is 2.14. The second-order valence-corrected chi connectivity index (χ2v) is 3.98. The van der Waals surface area contributed by atoms with Crippen molar-refractivity contribution in [2.45, 2.75) is 18.3 Å². The van der Waals surface area contributed by atoms with Gasteiger partial charge in [0.25, 0.3) is 11.6 Å². The molecule has 1 aromatic carbocycles. The molecule has 1 aliphatic heterocycles. The van der Waals surface area contributed by atoms with E-state index in [0.29, 0.717) is 0 Å². The van der Waals surface area contributed by atoms with E-state index >= 15 is 0 Å². The van der Waals surface area contributed by atoms with E-state index in [0.717, 1.165) is 30.5 Å². The summed E-state index contributed by atoms with van der Waals surface area (Å²) >= 11 is 0. The fourth-order valence-corrected chi connectivity index (χ4v) is 1.61. The number of aromatic hydroxyl groups is 1.